The van der Waals surface area contributed by atoms with Crippen molar-refractivity contribution in [2.45, 2.75) is 254 Å². The molecule has 24 heteroatoms. The normalized spacial score (nSPS) is 13.0. The van der Waals surface area contributed by atoms with Gasteiger partial charge in [-0.05, 0) is 369 Å². The standard InChI is InChI=1S/C43H54N6O2.2C41H50N6O2/c1-12-31-27(8)35-20-36-30(11)34(16-17-43(51)44-18-19-49(24(3)4)25(5)6)42(47-36)23-41-33(15-14-26(7)50)29(10)38(48-41)22-40-32(13-2)28(9)37(46-40)21-39(31)45-35;1-10-29-25(6)33-20-34-28(9)32(16-17-41(49)42-18-19-47(12-3)13-4)40(45-34)23-39-31(15-14-24(5)48)27(8)36(46-39)22-38-30(11-2)26(7)35(44-38)21-37(29)43-33;1-9-12-17-42-18-19-43-41(49)16-15-32-28(8)34-20-33-25(5)29(10-2)37(44-33)21-35-26(6)30(11-3)38(45-35)22-36-27(7)31(14-13-24(4)48)39(47-36)23-40(32)46-34/h12-13,20-25,45-46H,1-2,14-19H2,3-11H3,(H,44,51);10-11,20-23,43-44H,1-2,12-19H2,3-9H3,(H,42,49);10-11,20-23,42,44-45H,2-3,9,12-19H2,1,4-8H3,(H,43,49). The molecular formula is C125H154N18O6. The predicted octanol–water partition coefficient (Wildman–Crippen LogP) is 26.9. The van der Waals surface area contributed by atoms with Crippen LogP contribution in [0.5, 0.6) is 0 Å². The maximum atomic E-state index is 13.2. The number of fused-ring (bicyclic) bond motifs is 24. The van der Waals surface area contributed by atoms with E-state index < -0.39 is 0 Å². The van der Waals surface area contributed by atoms with Crippen molar-refractivity contribution in [3.05, 3.63) is 247 Å². The number of carbonyl (C=O) groups is 6. The van der Waals surface area contributed by atoms with Crippen molar-refractivity contribution >= 4 is 205 Å². The van der Waals surface area contributed by atoms with E-state index in [2.05, 4.69) is 287 Å². The third-order valence-electron chi connectivity index (χ3n) is 30.1. The summed E-state index contributed by atoms with van der Waals surface area (Å²) in [6.07, 6.45) is 19.3. The molecular weight excluding hydrogens is 1850 g/mol. The quantitative estimate of drug-likeness (QED) is 0.0160. The molecule has 24 bridgehead atoms. The Balaban J connectivity index is 0.000000186. The van der Waals surface area contributed by atoms with Gasteiger partial charge in [0, 0.05) is 189 Å². The molecule has 0 unspecified atom stereocenters. The maximum Gasteiger partial charge on any atom is 0.220 e. The van der Waals surface area contributed by atoms with Crippen LogP contribution in [0, 0.1) is 41.5 Å². The maximum absolute atomic E-state index is 13.2. The van der Waals surface area contributed by atoms with Gasteiger partial charge in [0.1, 0.15) is 17.3 Å². The minimum atomic E-state index is 0.0172. The first-order valence-electron chi connectivity index (χ1n) is 53.0. The number of hydrogen-bond acceptors (Lipinski definition) is 15. The smallest absolute Gasteiger partial charge is 0.220 e. The lowest BCUT2D eigenvalue weighted by Crippen LogP contribution is -2.42. The Bertz CT molecular complexity index is 7610. The number of Topliss-reactive ketones (excluding diaryl/α,β-unsaturated/α-hetero) is 3. The number of hydrogen-bond donors (Lipinski definition) is 10. The van der Waals surface area contributed by atoms with Crippen molar-refractivity contribution in [3.8, 4) is 0 Å². The first-order valence-corrected chi connectivity index (χ1v) is 53.0. The number of rotatable bonds is 40. The van der Waals surface area contributed by atoms with E-state index >= 15 is 0 Å². The number of allylic oxidation sites excluding steroid dienone is 12. The first kappa shape index (κ1) is 112. The molecule has 780 valence electrons. The fraction of sp³-hybridized carbons (Fsp3) is 0.376. The van der Waals surface area contributed by atoms with Crippen LogP contribution in [-0.2, 0) is 28.8 Å². The average molecular weight is 2000 g/mol. The van der Waals surface area contributed by atoms with Crippen LogP contribution in [0.2, 0.25) is 0 Å². The van der Waals surface area contributed by atoms with Crippen LogP contribution in [0.15, 0.2) is 112 Å². The van der Waals surface area contributed by atoms with Crippen LogP contribution in [0.4, 0.5) is 0 Å². The van der Waals surface area contributed by atoms with Crippen LogP contribution in [0.1, 0.15) is 336 Å². The third kappa shape index (κ3) is 25.8. The van der Waals surface area contributed by atoms with Gasteiger partial charge < -0.3 is 70.5 Å². The van der Waals surface area contributed by atoms with E-state index in [1.807, 2.05) is 54.7 Å². The lowest BCUT2D eigenvalue weighted by atomic mass is 9.97. The molecule has 6 aliphatic rings. The number of H-pyrrole nitrogens is 6. The van der Waals surface area contributed by atoms with Crippen LogP contribution >= 0.6 is 0 Å². The van der Waals surface area contributed by atoms with Crippen LogP contribution in [0.25, 0.3) is 170 Å². The zero-order valence-corrected chi connectivity index (χ0v) is 92.1. The molecule has 3 amide bonds. The number of aromatic amines is 6. The highest BCUT2D eigenvalue weighted by atomic mass is 16.2. The van der Waals surface area contributed by atoms with E-state index in [1.54, 1.807) is 20.8 Å². The molecule has 149 heavy (non-hydrogen) atoms. The van der Waals surface area contributed by atoms with Gasteiger partial charge in [-0.1, -0.05) is 103 Å². The molecule has 24 nitrogen and oxygen atoms in total. The zero-order chi connectivity index (χ0) is 108. The second kappa shape index (κ2) is 50.0. The Morgan fingerprint density at radius 3 is 0.738 bits per heavy atom. The van der Waals surface area contributed by atoms with Gasteiger partial charge in [0.15, 0.2) is 0 Å². The van der Waals surface area contributed by atoms with E-state index in [-0.39, 0.29) is 35.1 Å². The van der Waals surface area contributed by atoms with Gasteiger partial charge >= 0.3 is 0 Å². The molecule has 15 heterocycles. The first-order chi connectivity index (χ1) is 71.3. The predicted molar refractivity (Wildman–Crippen MR) is 626 cm³/mol. The number of aryl methyl sites for hydroxylation is 6. The van der Waals surface area contributed by atoms with Gasteiger partial charge in [0.2, 0.25) is 17.7 Å². The largest absolute Gasteiger partial charge is 0.355 e. The molecule has 0 spiro atoms. The molecule has 9 aromatic heterocycles. The lowest BCUT2D eigenvalue weighted by Gasteiger charge is -2.30. The number of aromatic nitrogens is 12. The molecule has 0 saturated heterocycles. The number of carbonyl (C=O) groups excluding carboxylic acids is 6. The summed E-state index contributed by atoms with van der Waals surface area (Å²) in [7, 11) is 0. The Labute approximate surface area is 879 Å². The fourth-order valence-electron chi connectivity index (χ4n) is 20.8. The number of nitrogens with zero attached hydrogens (tertiary/aromatic N) is 8. The van der Waals surface area contributed by atoms with E-state index in [0.717, 1.165) is 320 Å². The number of likely N-dealkylation sites (N-methyl/N-ethyl adjacent to an activating group) is 1. The SMILES string of the molecule is C=Cc1c(C)c2cc3[nH]c(cc4nc(cc5nc(cc1[nH]2)C(C)=C5CCC(C)=O)C(CCC(=O)NCCN(C(C)C)C(C)C)=C4C)c(C)c3C=C.C=Cc1c(C)c2cc3[nH]c(cc4nc(cc5nc(cc1[nH]2)C(C)=C5CCC(C)=O)C(CCC(=O)NCCN(CC)CC)=C4C)c(C)c3C=C.C=Cc1c(C)c2cc3[nH]c(cc4nc(cc5nc(cc1[nH]2)C(C)=C5CCC(C)=O)C(CCC(=O)NCCNCCCC)=C4C)c(C)c3C=C. The minimum absolute atomic E-state index is 0.0172. The summed E-state index contributed by atoms with van der Waals surface area (Å²) in [5.41, 5.74) is 46.2. The summed E-state index contributed by atoms with van der Waals surface area (Å²) < 4.78 is 0. The summed E-state index contributed by atoms with van der Waals surface area (Å²) >= 11 is 0. The van der Waals surface area contributed by atoms with E-state index in [4.69, 9.17) is 29.9 Å². The fourth-order valence-corrected chi connectivity index (χ4v) is 20.8. The molecule has 0 saturated carbocycles. The van der Waals surface area contributed by atoms with Crippen molar-refractivity contribution in [2.24, 2.45) is 0 Å². The van der Waals surface area contributed by atoms with Crippen LogP contribution < -0.4 is 21.3 Å². The highest BCUT2D eigenvalue weighted by Crippen LogP contribution is 2.44. The summed E-state index contributed by atoms with van der Waals surface area (Å²) in [6, 6.07) is 25.8. The van der Waals surface area contributed by atoms with Crippen molar-refractivity contribution in [3.63, 3.8) is 0 Å². The van der Waals surface area contributed by atoms with Gasteiger partial charge in [-0.2, -0.15) is 0 Å². The molecule has 6 aliphatic heterocycles. The van der Waals surface area contributed by atoms with Gasteiger partial charge in [-0.15, -0.1) is 0 Å². The van der Waals surface area contributed by atoms with Crippen LogP contribution in [-0.4, -0.2) is 176 Å². The second-order valence-electron chi connectivity index (χ2n) is 40.5. The molecule has 0 atom stereocenters. The Morgan fingerprint density at radius 1 is 0.289 bits per heavy atom. The molecule has 0 radical (unpaired) electrons. The topological polar surface area (TPSA) is 329 Å². The highest BCUT2D eigenvalue weighted by molar-refractivity contribution is 6.03. The van der Waals surface area contributed by atoms with Crippen molar-refractivity contribution in [1.29, 1.82) is 0 Å². The van der Waals surface area contributed by atoms with Gasteiger partial charge in [0.25, 0.3) is 0 Å². The highest BCUT2D eigenvalue weighted by Gasteiger charge is 2.30. The number of unbranched alkanes of at least 4 members (excludes halogenated alkanes) is 1. The molecule has 0 aliphatic carbocycles. The zero-order valence-electron chi connectivity index (χ0n) is 92.1. The van der Waals surface area contributed by atoms with Gasteiger partial charge in [0.05, 0.1) is 68.3 Å². The molecule has 0 fully saturated rings. The van der Waals surface area contributed by atoms with Crippen molar-refractivity contribution in [2.75, 3.05) is 58.9 Å². The molecule has 15 rings (SSSR count). The Kier molecular flexibility index (Phi) is 37.5. The monoisotopic (exact) mass is 2000 g/mol. The minimum Gasteiger partial charge on any atom is -0.355 e. The van der Waals surface area contributed by atoms with Crippen LogP contribution in [0.3, 0.4) is 0 Å². The molecule has 0 aromatic carbocycles. The molecule has 9 aromatic rings. The number of amides is 3. The number of nitrogens with one attached hydrogen (secondary N) is 10. The summed E-state index contributed by atoms with van der Waals surface area (Å²) in [4.78, 5) is 133. The molecule has 10 N–H and O–H groups in total. The van der Waals surface area contributed by atoms with Gasteiger partial charge in [-0.25, -0.2) is 29.9 Å². The summed E-state index contributed by atoms with van der Waals surface area (Å²) in [6.45, 7) is 76.9. The van der Waals surface area contributed by atoms with Gasteiger partial charge in [-0.3, -0.25) is 19.3 Å². The summed E-state index contributed by atoms with van der Waals surface area (Å²) in [5.74, 6) is 0.469. The summed E-state index contributed by atoms with van der Waals surface area (Å²) in [5, 5.41) is 12.7. The van der Waals surface area contributed by atoms with Crippen molar-refractivity contribution < 1.29 is 28.8 Å². The van der Waals surface area contributed by atoms with E-state index in [0.29, 0.717) is 109 Å². The lowest BCUT2D eigenvalue weighted by molar-refractivity contribution is -0.121. The third-order valence-corrected chi connectivity index (χ3v) is 30.1. The Morgan fingerprint density at radius 2 is 0.510 bits per heavy atom. The Hall–Kier alpha value is -14.5. The average Bonchev–Trinajstić information content (AvgIpc) is 1.62. The number of ketones is 3. The van der Waals surface area contributed by atoms with Crippen molar-refractivity contribution in [1.82, 2.24) is 90.9 Å². The van der Waals surface area contributed by atoms with E-state index in [1.165, 1.54) is 0 Å². The second-order valence-corrected chi connectivity index (χ2v) is 40.5. The van der Waals surface area contributed by atoms with E-state index in [9.17, 15) is 28.8 Å².